The minimum Gasteiger partial charge on any atom is -0.491 e. The molecule has 7 aromatic rings. The molecule has 2 aromatic carbocycles. The molecule has 0 saturated heterocycles. The summed E-state index contributed by atoms with van der Waals surface area (Å²) in [6.07, 6.45) is 7.67. The number of hydrogen-bond acceptors (Lipinski definition) is 11. The lowest BCUT2D eigenvalue weighted by Gasteiger charge is -2.22. The van der Waals surface area contributed by atoms with Crippen molar-refractivity contribution in [2.24, 2.45) is 0 Å². The lowest BCUT2D eigenvalue weighted by molar-refractivity contribution is -0.152. The van der Waals surface area contributed by atoms with Gasteiger partial charge < -0.3 is 23.3 Å². The largest absolute Gasteiger partial charge is 0.491 e. The van der Waals surface area contributed by atoms with Crippen molar-refractivity contribution in [3.05, 3.63) is 77.3 Å². The van der Waals surface area contributed by atoms with Crippen molar-refractivity contribution in [2.75, 3.05) is 19.8 Å². The summed E-state index contributed by atoms with van der Waals surface area (Å²) < 4.78 is 27.9. The number of aromatic nitrogens is 12. The van der Waals surface area contributed by atoms with Gasteiger partial charge in [0.25, 0.3) is 0 Å². The Kier molecular flexibility index (Phi) is 11.0. The van der Waals surface area contributed by atoms with Crippen LogP contribution in [0.25, 0.3) is 56.9 Å². The number of imidazole rings is 2. The molecule has 2 aliphatic rings. The fourth-order valence-electron chi connectivity index (χ4n) is 7.24. The van der Waals surface area contributed by atoms with Gasteiger partial charge in [0.1, 0.15) is 59.4 Å². The summed E-state index contributed by atoms with van der Waals surface area (Å²) in [5.41, 5.74) is 4.45. The third-order valence-electron chi connectivity index (χ3n) is 10.3. The molecule has 60 heavy (non-hydrogen) atoms. The van der Waals surface area contributed by atoms with Crippen LogP contribution in [0.15, 0.2) is 65.7 Å². The van der Waals surface area contributed by atoms with E-state index in [0.717, 1.165) is 91.1 Å². The van der Waals surface area contributed by atoms with Gasteiger partial charge in [-0.05, 0) is 98.2 Å². The minimum atomic E-state index is -0.910. The van der Waals surface area contributed by atoms with Gasteiger partial charge in [0.2, 0.25) is 0 Å². The fraction of sp³-hybridized carbons (Fsp3) is 0.395. The lowest BCUT2D eigenvalue weighted by atomic mass is 10.0. The Hall–Kier alpha value is -6.10. The van der Waals surface area contributed by atoms with Crippen LogP contribution < -0.4 is 9.47 Å². The molecule has 0 spiro atoms. The Morgan fingerprint density at radius 1 is 0.750 bits per heavy atom. The van der Waals surface area contributed by atoms with Crippen LogP contribution in [-0.4, -0.2) is 84.2 Å². The van der Waals surface area contributed by atoms with Crippen molar-refractivity contribution in [1.82, 2.24) is 58.4 Å². The Morgan fingerprint density at radius 2 is 1.28 bits per heavy atom. The predicted octanol–water partition coefficient (Wildman–Crippen LogP) is 8.10. The fourth-order valence-corrected chi connectivity index (χ4v) is 7.58. The summed E-state index contributed by atoms with van der Waals surface area (Å²) >= 11 is 3.50. The van der Waals surface area contributed by atoms with Crippen molar-refractivity contribution in [1.29, 1.82) is 0 Å². The van der Waals surface area contributed by atoms with E-state index in [1.165, 1.54) is 0 Å². The molecule has 0 aliphatic carbocycles. The molecule has 7 heterocycles. The Labute approximate surface area is 356 Å². The van der Waals surface area contributed by atoms with Gasteiger partial charge in [-0.2, -0.15) is 15.3 Å². The zero-order valence-electron chi connectivity index (χ0n) is 35.3. The van der Waals surface area contributed by atoms with E-state index in [0.29, 0.717) is 26.4 Å². The number of hydrogen-bond donors (Lipinski definition) is 0. The van der Waals surface area contributed by atoms with Gasteiger partial charge >= 0.3 is 5.97 Å². The van der Waals surface area contributed by atoms with Crippen LogP contribution in [-0.2, 0) is 28.2 Å². The van der Waals surface area contributed by atoms with Crippen LogP contribution in [0.1, 0.15) is 72.2 Å². The molecule has 17 heteroatoms. The molecule has 2 aliphatic heterocycles. The molecule has 0 N–H and O–H groups in total. The highest BCUT2D eigenvalue weighted by Gasteiger charge is 2.32. The van der Waals surface area contributed by atoms with Gasteiger partial charge in [-0.3, -0.25) is 4.68 Å². The van der Waals surface area contributed by atoms with Crippen molar-refractivity contribution >= 4 is 21.9 Å². The molecule has 5 aromatic heterocycles. The van der Waals surface area contributed by atoms with E-state index in [1.807, 2.05) is 78.2 Å². The molecule has 16 nitrogen and oxygen atoms in total. The second-order valence-electron chi connectivity index (χ2n) is 15.8. The number of ether oxygens (including phenoxy) is 3. The van der Waals surface area contributed by atoms with Gasteiger partial charge in [0, 0.05) is 40.7 Å². The zero-order chi connectivity index (χ0) is 42.5. The van der Waals surface area contributed by atoms with Gasteiger partial charge in [-0.25, -0.2) is 34.1 Å². The molecule has 0 radical (unpaired) electrons. The number of carbonyl (C=O) groups is 1. The normalized spacial score (nSPS) is 13.3. The van der Waals surface area contributed by atoms with E-state index in [9.17, 15) is 4.79 Å². The molecule has 0 atom stereocenters. The highest BCUT2D eigenvalue weighted by molar-refractivity contribution is 9.10. The second kappa shape index (κ2) is 16.2. The Morgan fingerprint density at radius 3 is 1.82 bits per heavy atom. The molecule has 0 amide bonds. The SMILES string of the molecule is CCOC(=O)C(C)(C)n1cc(-c2ccc3c(c2)OCCn2cc(-c4nc(C)nn4C(C)C)nc2-3)cn1.Cc1nc(-c2cn3c(n2)-c2ccc(Br)cc2OCC3)n(C(C)C)n1. The van der Waals surface area contributed by atoms with Crippen molar-refractivity contribution in [2.45, 2.75) is 93.0 Å². The van der Waals surface area contributed by atoms with Crippen LogP contribution >= 0.6 is 15.9 Å². The second-order valence-corrected chi connectivity index (χ2v) is 16.7. The number of esters is 1. The van der Waals surface area contributed by atoms with E-state index in [2.05, 4.69) is 78.0 Å². The average Bonchev–Trinajstić information content (AvgIpc) is 4.05. The Bertz CT molecular complexity index is 2700. The van der Waals surface area contributed by atoms with Gasteiger partial charge in [-0.15, -0.1) is 0 Å². The first kappa shape index (κ1) is 40.7. The molecule has 0 unspecified atom stereocenters. The van der Waals surface area contributed by atoms with Crippen LogP contribution in [0, 0.1) is 13.8 Å². The maximum Gasteiger partial charge on any atom is 0.333 e. The number of carbonyl (C=O) groups excluding carboxylic acids is 1. The molecule has 9 rings (SSSR count). The van der Waals surface area contributed by atoms with E-state index < -0.39 is 5.54 Å². The van der Waals surface area contributed by atoms with E-state index in [-0.39, 0.29) is 18.1 Å². The number of fused-ring (bicyclic) bond motifs is 6. The van der Waals surface area contributed by atoms with Gasteiger partial charge in [0.05, 0.1) is 37.0 Å². The van der Waals surface area contributed by atoms with E-state index in [1.54, 1.807) is 31.6 Å². The molecule has 0 bridgehead atoms. The van der Waals surface area contributed by atoms with Crippen LogP contribution in [0.3, 0.4) is 0 Å². The summed E-state index contributed by atoms with van der Waals surface area (Å²) in [7, 11) is 0. The third-order valence-corrected chi connectivity index (χ3v) is 10.8. The number of rotatable bonds is 8. The number of nitrogens with zero attached hydrogens (tertiary/aromatic N) is 12. The first-order valence-electron chi connectivity index (χ1n) is 20.2. The highest BCUT2D eigenvalue weighted by atomic mass is 79.9. The maximum absolute atomic E-state index is 12.4. The van der Waals surface area contributed by atoms with E-state index in [4.69, 9.17) is 24.2 Å². The number of halogens is 1. The first-order valence-corrected chi connectivity index (χ1v) is 20.9. The summed E-state index contributed by atoms with van der Waals surface area (Å²) in [4.78, 5) is 31.4. The summed E-state index contributed by atoms with van der Waals surface area (Å²) in [5, 5.41) is 13.5. The van der Waals surface area contributed by atoms with Crippen molar-refractivity contribution < 1.29 is 19.0 Å². The zero-order valence-corrected chi connectivity index (χ0v) is 36.9. The standard InChI is InChI=1S/C26H31N7O3.C17H18BrN5O/c1-7-35-25(34)26(5,6)32-14-19(13-27-32)18-8-9-20-22(12-18)36-11-10-31-15-21(29-23(20)31)24-28-17(4)30-33(24)16(2)3;1-10(2)23-17(19-11(3)21-23)14-9-22-6-7-24-15-8-12(18)4-5-13(15)16(22)20-14/h8-9,12-16H,7,10-11H2,1-6H3;4-5,8-10H,6-7H2,1-3H3. The van der Waals surface area contributed by atoms with Gasteiger partial charge in [0.15, 0.2) is 17.2 Å². The maximum atomic E-state index is 12.4. The first-order chi connectivity index (χ1) is 28.7. The smallest absolute Gasteiger partial charge is 0.333 e. The van der Waals surface area contributed by atoms with Crippen LogP contribution in [0.2, 0.25) is 0 Å². The molecular formula is C43H49BrN12O4. The number of benzene rings is 2. The molecular weight excluding hydrogens is 828 g/mol. The predicted molar refractivity (Wildman–Crippen MR) is 229 cm³/mol. The molecule has 0 fully saturated rings. The summed E-state index contributed by atoms with van der Waals surface area (Å²) in [6, 6.07) is 12.5. The molecule has 312 valence electrons. The summed E-state index contributed by atoms with van der Waals surface area (Å²) in [6.45, 7) is 20.4. The summed E-state index contributed by atoms with van der Waals surface area (Å²) in [5.74, 6) is 6.07. The van der Waals surface area contributed by atoms with E-state index >= 15 is 0 Å². The quantitative estimate of drug-likeness (QED) is 0.136. The van der Waals surface area contributed by atoms with Crippen LogP contribution in [0.5, 0.6) is 11.5 Å². The van der Waals surface area contributed by atoms with Crippen molar-refractivity contribution in [3.8, 4) is 68.4 Å². The average molecular weight is 878 g/mol. The van der Waals surface area contributed by atoms with Crippen LogP contribution in [0.4, 0.5) is 0 Å². The third kappa shape index (κ3) is 7.73. The molecule has 0 saturated carbocycles. The monoisotopic (exact) mass is 876 g/mol. The van der Waals surface area contributed by atoms with Gasteiger partial charge in [-0.1, -0.05) is 22.0 Å². The topological polar surface area (TPSA) is 160 Å². The lowest BCUT2D eigenvalue weighted by Crippen LogP contribution is -2.37. The Balaban J connectivity index is 0.000000180. The highest BCUT2D eigenvalue weighted by Crippen LogP contribution is 2.38. The number of aryl methyl sites for hydroxylation is 2. The van der Waals surface area contributed by atoms with Crippen molar-refractivity contribution in [3.63, 3.8) is 0 Å². The minimum absolute atomic E-state index is 0.176.